The fourth-order valence-electron chi connectivity index (χ4n) is 11.2. The number of aliphatic hydroxyl groups excluding tert-OH is 2. The molecule has 2 unspecified atom stereocenters. The van der Waals surface area contributed by atoms with E-state index in [2.05, 4.69) is 55.6 Å². The maximum absolute atomic E-state index is 12.5. The van der Waals surface area contributed by atoms with Gasteiger partial charge in [0.15, 0.2) is 0 Å². The first-order valence-electron chi connectivity index (χ1n) is 35.4. The van der Waals surface area contributed by atoms with Crippen LogP contribution >= 0.6 is 0 Å². The molecular weight excluding hydrogens is 939 g/mol. The Labute approximate surface area is 484 Å². The van der Waals surface area contributed by atoms with Crippen LogP contribution in [0.15, 0.2) is 48.6 Å². The third-order valence-corrected chi connectivity index (χ3v) is 16.5. The Hall–Kier alpha value is -1.65. The number of allylic oxidation sites excluding steroid dienone is 7. The summed E-state index contributed by atoms with van der Waals surface area (Å²) >= 11 is 0. The van der Waals surface area contributed by atoms with E-state index in [0.29, 0.717) is 6.42 Å². The number of amides is 1. The molecule has 0 aliphatic rings. The Balaban J connectivity index is 3.47. The molecule has 0 bridgehead atoms. The number of unbranched alkanes of at least 4 members (excludes halogenated alkanes) is 53. The Morgan fingerprint density at radius 3 is 0.753 bits per heavy atom. The molecule has 77 heavy (non-hydrogen) atoms. The Morgan fingerprint density at radius 1 is 0.299 bits per heavy atom. The second-order valence-corrected chi connectivity index (χ2v) is 24.3. The fraction of sp³-hybridized carbons (Fsp3) is 0.877. The molecule has 0 heterocycles. The summed E-state index contributed by atoms with van der Waals surface area (Å²) in [6.45, 7) is 4.34. The highest BCUT2D eigenvalue weighted by molar-refractivity contribution is 5.76. The smallest absolute Gasteiger partial charge is 0.220 e. The SMILES string of the molecule is CCCCCCCCCC/C=C\CCCCCCCCCCCCCCCCCCCCCCCC(=O)NC(CO)C(O)/C=C/CC/C=C/CC/C=C/CCCCCCCCCCCCCCCCCCCCCCCC. The summed E-state index contributed by atoms with van der Waals surface area (Å²) in [5, 5.41) is 23.3. The van der Waals surface area contributed by atoms with Gasteiger partial charge in [0.2, 0.25) is 5.91 Å². The van der Waals surface area contributed by atoms with Gasteiger partial charge in [-0.3, -0.25) is 4.79 Å². The average molecular weight is 1080 g/mol. The number of hydrogen-bond donors (Lipinski definition) is 3. The standard InChI is InChI=1S/C73H139NO3/c1-3-5-7-9-11-13-15-17-19-21-23-25-27-29-31-33-35-37-39-41-43-45-47-49-51-53-55-57-59-61-63-65-67-69-73(77)74-71(70-75)72(76)68-66-64-62-60-58-56-54-52-50-48-46-44-42-40-38-36-34-32-30-28-26-24-22-20-18-16-14-12-10-8-6-4-2/h21,23,50,52,58,60,66,68,71-72,75-76H,3-20,22,24-49,51,53-57,59,61-65,67,69-70H2,1-2H3,(H,74,77)/b23-21-,52-50+,60-58+,68-66+. The van der Waals surface area contributed by atoms with Crippen molar-refractivity contribution in [3.8, 4) is 0 Å². The maximum atomic E-state index is 12.5. The molecule has 0 rings (SSSR count). The summed E-state index contributed by atoms with van der Waals surface area (Å²) in [6, 6.07) is -0.647. The van der Waals surface area contributed by atoms with Crippen LogP contribution < -0.4 is 5.32 Å². The predicted octanol–water partition coefficient (Wildman–Crippen LogP) is 24.1. The molecule has 0 saturated carbocycles. The minimum Gasteiger partial charge on any atom is -0.394 e. The minimum absolute atomic E-state index is 0.0707. The molecule has 4 heteroatoms. The lowest BCUT2D eigenvalue weighted by atomic mass is 10.0. The first kappa shape index (κ1) is 75.3. The average Bonchev–Trinajstić information content (AvgIpc) is 3.43. The van der Waals surface area contributed by atoms with E-state index in [1.54, 1.807) is 6.08 Å². The van der Waals surface area contributed by atoms with Crippen LogP contribution in [0.4, 0.5) is 0 Å². The third kappa shape index (κ3) is 65.0. The van der Waals surface area contributed by atoms with Gasteiger partial charge < -0.3 is 15.5 Å². The zero-order valence-electron chi connectivity index (χ0n) is 52.5. The number of carbonyl (C=O) groups excluding carboxylic acids is 1. The Kier molecular flexibility index (Phi) is 67.2. The van der Waals surface area contributed by atoms with Crippen LogP contribution in [0, 0.1) is 0 Å². The van der Waals surface area contributed by atoms with Crippen LogP contribution in [0.25, 0.3) is 0 Å². The lowest BCUT2D eigenvalue weighted by Gasteiger charge is -2.19. The van der Waals surface area contributed by atoms with Gasteiger partial charge in [-0.05, 0) is 70.6 Å². The Morgan fingerprint density at radius 2 is 0.506 bits per heavy atom. The number of aliphatic hydroxyl groups is 2. The molecule has 3 N–H and O–H groups in total. The van der Waals surface area contributed by atoms with E-state index in [1.807, 2.05) is 6.08 Å². The molecule has 2 atom stereocenters. The predicted molar refractivity (Wildman–Crippen MR) is 345 cm³/mol. The number of carbonyl (C=O) groups is 1. The van der Waals surface area contributed by atoms with Gasteiger partial charge in [0.25, 0.3) is 0 Å². The number of nitrogens with one attached hydrogen (secondary N) is 1. The third-order valence-electron chi connectivity index (χ3n) is 16.5. The lowest BCUT2D eigenvalue weighted by molar-refractivity contribution is -0.123. The van der Waals surface area contributed by atoms with Gasteiger partial charge in [0.05, 0.1) is 18.8 Å². The van der Waals surface area contributed by atoms with Crippen LogP contribution in [-0.2, 0) is 4.79 Å². The van der Waals surface area contributed by atoms with E-state index in [9.17, 15) is 15.0 Å². The molecule has 0 saturated heterocycles. The molecule has 0 fully saturated rings. The van der Waals surface area contributed by atoms with Crippen LogP contribution in [0.5, 0.6) is 0 Å². The number of rotatable bonds is 66. The van der Waals surface area contributed by atoms with Crippen molar-refractivity contribution in [2.75, 3.05) is 6.61 Å². The molecule has 4 nitrogen and oxygen atoms in total. The first-order valence-corrected chi connectivity index (χ1v) is 35.4. The summed E-state index contributed by atoms with van der Waals surface area (Å²) in [6.07, 6.45) is 96.4. The van der Waals surface area contributed by atoms with Crippen molar-refractivity contribution in [3.05, 3.63) is 48.6 Å². The van der Waals surface area contributed by atoms with Crippen molar-refractivity contribution in [1.82, 2.24) is 5.32 Å². The van der Waals surface area contributed by atoms with Gasteiger partial charge >= 0.3 is 0 Å². The molecule has 454 valence electrons. The minimum atomic E-state index is -0.872. The molecule has 0 aromatic rings. The zero-order chi connectivity index (χ0) is 55.5. The van der Waals surface area contributed by atoms with Crippen LogP contribution in [0.1, 0.15) is 393 Å². The number of hydrogen-bond acceptors (Lipinski definition) is 3. The van der Waals surface area contributed by atoms with Gasteiger partial charge in [-0.25, -0.2) is 0 Å². The molecule has 0 radical (unpaired) electrons. The topological polar surface area (TPSA) is 69.6 Å². The molecule has 0 aromatic heterocycles. The molecule has 0 spiro atoms. The Bertz CT molecular complexity index is 1220. The van der Waals surface area contributed by atoms with Crippen molar-refractivity contribution < 1.29 is 15.0 Å². The van der Waals surface area contributed by atoms with Gasteiger partial charge in [0.1, 0.15) is 0 Å². The van der Waals surface area contributed by atoms with Gasteiger partial charge in [-0.15, -0.1) is 0 Å². The maximum Gasteiger partial charge on any atom is 0.220 e. The quantitative estimate of drug-likeness (QED) is 0.0420. The van der Waals surface area contributed by atoms with Crippen LogP contribution in [-0.4, -0.2) is 34.9 Å². The van der Waals surface area contributed by atoms with Gasteiger partial charge in [-0.2, -0.15) is 0 Å². The normalized spacial score (nSPS) is 12.9. The molecule has 0 aliphatic heterocycles. The van der Waals surface area contributed by atoms with Gasteiger partial charge in [0, 0.05) is 6.42 Å². The highest BCUT2D eigenvalue weighted by atomic mass is 16.3. The fourth-order valence-corrected chi connectivity index (χ4v) is 11.2. The van der Waals surface area contributed by atoms with Crippen LogP contribution in [0.3, 0.4) is 0 Å². The summed E-state index contributed by atoms with van der Waals surface area (Å²) < 4.78 is 0. The highest BCUT2D eigenvalue weighted by Gasteiger charge is 2.18. The van der Waals surface area contributed by atoms with E-state index in [1.165, 1.54) is 334 Å². The molecule has 1 amide bonds. The largest absolute Gasteiger partial charge is 0.394 e. The molecular formula is C73H139NO3. The van der Waals surface area contributed by atoms with Crippen LogP contribution in [0.2, 0.25) is 0 Å². The van der Waals surface area contributed by atoms with Crippen molar-refractivity contribution in [2.45, 2.75) is 405 Å². The van der Waals surface area contributed by atoms with E-state index in [-0.39, 0.29) is 12.5 Å². The lowest BCUT2D eigenvalue weighted by Crippen LogP contribution is -2.45. The second-order valence-electron chi connectivity index (χ2n) is 24.3. The van der Waals surface area contributed by atoms with Crippen molar-refractivity contribution in [2.24, 2.45) is 0 Å². The summed E-state index contributed by atoms with van der Waals surface area (Å²) in [4.78, 5) is 12.5. The molecule has 0 aliphatic carbocycles. The highest BCUT2D eigenvalue weighted by Crippen LogP contribution is 2.19. The first-order chi connectivity index (χ1) is 38.2. The van der Waals surface area contributed by atoms with Gasteiger partial charge in [-0.1, -0.05) is 364 Å². The second kappa shape index (κ2) is 68.6. The summed E-state index contributed by atoms with van der Waals surface area (Å²) in [7, 11) is 0. The van der Waals surface area contributed by atoms with E-state index in [0.717, 1.165) is 38.5 Å². The monoisotopic (exact) mass is 1080 g/mol. The zero-order valence-corrected chi connectivity index (χ0v) is 52.5. The van der Waals surface area contributed by atoms with E-state index in [4.69, 9.17) is 0 Å². The van der Waals surface area contributed by atoms with E-state index >= 15 is 0 Å². The summed E-state index contributed by atoms with van der Waals surface area (Å²) in [5.74, 6) is -0.0707. The van der Waals surface area contributed by atoms with Crippen molar-refractivity contribution >= 4 is 5.91 Å². The van der Waals surface area contributed by atoms with E-state index < -0.39 is 12.1 Å². The van der Waals surface area contributed by atoms with Crippen molar-refractivity contribution in [1.29, 1.82) is 0 Å². The van der Waals surface area contributed by atoms with Crippen molar-refractivity contribution in [3.63, 3.8) is 0 Å². The molecule has 0 aromatic carbocycles. The summed E-state index contributed by atoms with van der Waals surface area (Å²) in [5.41, 5.74) is 0.